The largest absolute Gasteiger partial charge is 0.394 e. The van der Waals surface area contributed by atoms with Gasteiger partial charge in [-0.25, -0.2) is 0 Å². The lowest BCUT2D eigenvalue weighted by atomic mass is 10.0. The Bertz CT molecular complexity index is 901. The molecule has 5 nitrogen and oxygen atoms in total. The minimum Gasteiger partial charge on any atom is -0.394 e. The first kappa shape index (κ1) is 56.6. The van der Waals surface area contributed by atoms with Gasteiger partial charge in [-0.2, -0.15) is 0 Å². The zero-order chi connectivity index (χ0) is 42.3. The summed E-state index contributed by atoms with van der Waals surface area (Å²) in [6, 6.07) is -0.815. The Hall–Kier alpha value is -1.43. The fourth-order valence-corrected chi connectivity index (χ4v) is 7.90. The molecule has 0 spiro atoms. The predicted molar refractivity (Wildman–Crippen MR) is 254 cm³/mol. The standard InChI is InChI=1S/C53H101NO4/c1-3-5-7-9-11-13-15-17-19-21-23-24-25-26-27-28-29-30-32-34-36-38-40-42-44-46-48-52(57)53(58)54-50(49-55)51(56)47-45-43-41-39-37-35-33-31-22-20-18-16-14-12-10-8-6-4-2/h26-27,37,39,45,47,50-52,55-57H,3-25,28-36,38,40-44,46,48-49H2,1-2H3,(H,54,58)/b27-26-,39-37+,47-45+. The number of hydrogen-bond acceptors (Lipinski definition) is 4. The number of rotatable bonds is 47. The predicted octanol–water partition coefficient (Wildman–Crippen LogP) is 15.5. The van der Waals surface area contributed by atoms with E-state index in [0.29, 0.717) is 6.42 Å². The van der Waals surface area contributed by atoms with Gasteiger partial charge >= 0.3 is 0 Å². The van der Waals surface area contributed by atoms with Gasteiger partial charge in [0.1, 0.15) is 6.10 Å². The molecule has 5 heteroatoms. The molecule has 0 bridgehead atoms. The summed E-state index contributed by atoms with van der Waals surface area (Å²) in [5.41, 5.74) is 0. The van der Waals surface area contributed by atoms with Gasteiger partial charge in [0.05, 0.1) is 18.8 Å². The van der Waals surface area contributed by atoms with Crippen molar-refractivity contribution in [2.75, 3.05) is 6.61 Å². The molecule has 3 unspecified atom stereocenters. The third-order valence-corrected chi connectivity index (χ3v) is 12.0. The van der Waals surface area contributed by atoms with Gasteiger partial charge in [0, 0.05) is 0 Å². The van der Waals surface area contributed by atoms with E-state index < -0.39 is 24.2 Å². The van der Waals surface area contributed by atoms with E-state index in [9.17, 15) is 20.1 Å². The second-order valence-corrected chi connectivity index (χ2v) is 17.7. The van der Waals surface area contributed by atoms with Crippen LogP contribution in [0.2, 0.25) is 0 Å². The minimum atomic E-state index is -1.11. The van der Waals surface area contributed by atoms with Gasteiger partial charge in [-0.05, 0) is 57.8 Å². The molecule has 0 heterocycles. The van der Waals surface area contributed by atoms with Gasteiger partial charge in [0.25, 0.3) is 0 Å². The maximum Gasteiger partial charge on any atom is 0.249 e. The number of amides is 1. The maximum atomic E-state index is 12.5. The first-order valence-electron chi connectivity index (χ1n) is 25.8. The van der Waals surface area contributed by atoms with Crippen LogP contribution in [0.25, 0.3) is 0 Å². The Morgan fingerprint density at radius 2 is 0.707 bits per heavy atom. The third kappa shape index (κ3) is 42.7. The quantitative estimate of drug-likeness (QED) is 0.0364. The first-order chi connectivity index (χ1) is 28.6. The molecule has 0 aliphatic rings. The minimum absolute atomic E-state index is 0.375. The molecule has 4 N–H and O–H groups in total. The molecule has 1 amide bonds. The van der Waals surface area contributed by atoms with Crippen LogP contribution in [0.4, 0.5) is 0 Å². The van der Waals surface area contributed by atoms with E-state index >= 15 is 0 Å². The summed E-state index contributed by atoms with van der Waals surface area (Å²) in [7, 11) is 0. The van der Waals surface area contributed by atoms with Crippen molar-refractivity contribution < 1.29 is 20.1 Å². The maximum absolute atomic E-state index is 12.5. The van der Waals surface area contributed by atoms with E-state index in [1.54, 1.807) is 6.08 Å². The van der Waals surface area contributed by atoms with Crippen LogP contribution in [-0.4, -0.2) is 46.1 Å². The zero-order valence-corrected chi connectivity index (χ0v) is 38.9. The number of nitrogens with one attached hydrogen (secondary N) is 1. The second-order valence-electron chi connectivity index (χ2n) is 17.7. The molecule has 0 aliphatic carbocycles. The van der Waals surface area contributed by atoms with Crippen LogP contribution in [-0.2, 0) is 4.79 Å². The normalized spacial score (nSPS) is 13.7. The molecule has 0 rings (SSSR count). The molecule has 0 saturated carbocycles. The summed E-state index contributed by atoms with van der Waals surface area (Å²) in [4.78, 5) is 12.5. The monoisotopic (exact) mass is 816 g/mol. The Morgan fingerprint density at radius 1 is 0.414 bits per heavy atom. The molecular weight excluding hydrogens is 715 g/mol. The van der Waals surface area contributed by atoms with E-state index in [2.05, 4.69) is 43.5 Å². The van der Waals surface area contributed by atoms with Crippen LogP contribution < -0.4 is 5.32 Å². The van der Waals surface area contributed by atoms with Crippen LogP contribution in [0, 0.1) is 0 Å². The Kier molecular flexibility index (Phi) is 47.0. The molecule has 0 radical (unpaired) electrons. The van der Waals surface area contributed by atoms with Crippen molar-refractivity contribution in [2.24, 2.45) is 0 Å². The van der Waals surface area contributed by atoms with Crippen LogP contribution in [0.5, 0.6) is 0 Å². The van der Waals surface area contributed by atoms with E-state index in [1.165, 1.54) is 212 Å². The molecule has 342 valence electrons. The van der Waals surface area contributed by atoms with Gasteiger partial charge in [-0.15, -0.1) is 0 Å². The fourth-order valence-electron chi connectivity index (χ4n) is 7.90. The Labute approximate surface area is 362 Å². The SMILES string of the molecule is CCCCCCCCCCCCCC/C=C\CCCCCCCCCCCCC(O)C(=O)NC(CO)C(O)/C=C/CC/C=C/CCCCCCCCCCCCCC. The Morgan fingerprint density at radius 3 is 1.05 bits per heavy atom. The second kappa shape index (κ2) is 48.2. The van der Waals surface area contributed by atoms with E-state index in [-0.39, 0.29) is 6.61 Å². The number of aliphatic hydroxyl groups is 3. The van der Waals surface area contributed by atoms with Crippen molar-refractivity contribution >= 4 is 5.91 Å². The number of carbonyl (C=O) groups excluding carboxylic acids is 1. The lowest BCUT2D eigenvalue weighted by Crippen LogP contribution is -2.48. The summed E-state index contributed by atoms with van der Waals surface area (Å²) in [6.07, 6.45) is 62.0. The van der Waals surface area contributed by atoms with Gasteiger partial charge in [-0.1, -0.05) is 249 Å². The van der Waals surface area contributed by atoms with Crippen molar-refractivity contribution in [3.05, 3.63) is 36.5 Å². The van der Waals surface area contributed by atoms with Gasteiger partial charge in [0.2, 0.25) is 5.91 Å². The molecule has 0 fully saturated rings. The van der Waals surface area contributed by atoms with E-state index in [0.717, 1.165) is 38.5 Å². The number of hydrogen-bond donors (Lipinski definition) is 4. The van der Waals surface area contributed by atoms with Crippen molar-refractivity contribution in [1.82, 2.24) is 5.32 Å². The number of carbonyl (C=O) groups is 1. The number of aliphatic hydroxyl groups excluding tert-OH is 3. The average Bonchev–Trinajstić information content (AvgIpc) is 3.23. The first-order valence-corrected chi connectivity index (χ1v) is 25.8. The fraction of sp³-hybridized carbons (Fsp3) is 0.868. The molecule has 0 aliphatic heterocycles. The van der Waals surface area contributed by atoms with Crippen LogP contribution in [0.15, 0.2) is 36.5 Å². The van der Waals surface area contributed by atoms with Gasteiger partial charge in [0.15, 0.2) is 0 Å². The summed E-state index contributed by atoms with van der Waals surface area (Å²) in [6.45, 7) is 4.19. The smallest absolute Gasteiger partial charge is 0.249 e. The highest BCUT2D eigenvalue weighted by Gasteiger charge is 2.22. The number of unbranched alkanes of at least 4 members (excludes halogenated alkanes) is 35. The van der Waals surface area contributed by atoms with Crippen LogP contribution in [0.3, 0.4) is 0 Å². The Balaban J connectivity index is 3.62. The number of allylic oxidation sites excluding steroid dienone is 5. The van der Waals surface area contributed by atoms with Crippen molar-refractivity contribution in [3.8, 4) is 0 Å². The molecular formula is C53H101NO4. The van der Waals surface area contributed by atoms with Crippen LogP contribution in [0.1, 0.15) is 271 Å². The van der Waals surface area contributed by atoms with Gasteiger partial charge in [-0.3, -0.25) is 4.79 Å². The van der Waals surface area contributed by atoms with E-state index in [1.807, 2.05) is 6.08 Å². The van der Waals surface area contributed by atoms with Gasteiger partial charge < -0.3 is 20.6 Å². The zero-order valence-electron chi connectivity index (χ0n) is 38.9. The summed E-state index contributed by atoms with van der Waals surface area (Å²) in [5.74, 6) is -0.512. The van der Waals surface area contributed by atoms with Crippen molar-refractivity contribution in [2.45, 2.75) is 289 Å². The van der Waals surface area contributed by atoms with Crippen molar-refractivity contribution in [1.29, 1.82) is 0 Å². The highest BCUT2D eigenvalue weighted by atomic mass is 16.3. The highest BCUT2D eigenvalue weighted by Crippen LogP contribution is 2.16. The summed E-state index contributed by atoms with van der Waals surface area (Å²) in [5, 5.41) is 33.2. The third-order valence-electron chi connectivity index (χ3n) is 12.0. The van der Waals surface area contributed by atoms with Crippen LogP contribution >= 0.6 is 0 Å². The average molecular weight is 816 g/mol. The lowest BCUT2D eigenvalue weighted by molar-refractivity contribution is -0.131. The molecule has 0 aromatic rings. The summed E-state index contributed by atoms with van der Waals surface area (Å²) >= 11 is 0. The molecule has 58 heavy (non-hydrogen) atoms. The molecule has 0 aromatic heterocycles. The van der Waals surface area contributed by atoms with Crippen molar-refractivity contribution in [3.63, 3.8) is 0 Å². The molecule has 3 atom stereocenters. The van der Waals surface area contributed by atoms with E-state index in [4.69, 9.17) is 0 Å². The molecule has 0 saturated heterocycles. The molecule has 0 aromatic carbocycles. The highest BCUT2D eigenvalue weighted by molar-refractivity contribution is 5.80. The lowest BCUT2D eigenvalue weighted by Gasteiger charge is -2.21. The topological polar surface area (TPSA) is 89.8 Å². The summed E-state index contributed by atoms with van der Waals surface area (Å²) < 4.78 is 0.